The van der Waals surface area contributed by atoms with E-state index in [1.807, 2.05) is 12.1 Å². The van der Waals surface area contributed by atoms with E-state index in [0.29, 0.717) is 12.6 Å². The summed E-state index contributed by atoms with van der Waals surface area (Å²) in [5, 5.41) is 0.818. The van der Waals surface area contributed by atoms with Gasteiger partial charge in [0.25, 0.3) is 0 Å². The van der Waals surface area contributed by atoms with E-state index in [2.05, 4.69) is 24.8 Å². The molecule has 0 bridgehead atoms. The summed E-state index contributed by atoms with van der Waals surface area (Å²) in [6, 6.07) is 6.49. The van der Waals surface area contributed by atoms with Gasteiger partial charge in [0.2, 0.25) is 0 Å². The summed E-state index contributed by atoms with van der Waals surface area (Å²) in [7, 11) is 0. The lowest BCUT2D eigenvalue weighted by molar-refractivity contribution is 0.0299. The monoisotopic (exact) mass is 282 g/mol. The van der Waals surface area contributed by atoms with Crippen molar-refractivity contribution < 1.29 is 4.74 Å². The minimum atomic E-state index is 0.241. The molecule has 106 valence electrons. The van der Waals surface area contributed by atoms with Gasteiger partial charge in [-0.1, -0.05) is 30.7 Å². The third-order valence-electron chi connectivity index (χ3n) is 3.71. The third-order valence-corrected chi connectivity index (χ3v) is 4.02. The Morgan fingerprint density at radius 1 is 1.47 bits per heavy atom. The minimum Gasteiger partial charge on any atom is -0.375 e. The summed E-state index contributed by atoms with van der Waals surface area (Å²) >= 11 is 6.45. The number of morpholine rings is 1. The van der Waals surface area contributed by atoms with E-state index in [1.165, 1.54) is 5.56 Å². The number of halogens is 1. The Morgan fingerprint density at radius 3 is 2.95 bits per heavy atom. The maximum atomic E-state index is 6.45. The van der Waals surface area contributed by atoms with Crippen molar-refractivity contribution in [2.75, 3.05) is 24.6 Å². The van der Waals surface area contributed by atoms with Gasteiger partial charge in [-0.05, 0) is 37.9 Å². The number of anilines is 1. The molecule has 4 heteroatoms. The molecule has 0 amide bonds. The van der Waals surface area contributed by atoms with E-state index in [0.717, 1.165) is 36.7 Å². The summed E-state index contributed by atoms with van der Waals surface area (Å²) < 4.78 is 5.76. The molecule has 2 atom stereocenters. The normalized spacial score (nSPS) is 23.7. The Morgan fingerprint density at radius 2 is 2.26 bits per heavy atom. The molecule has 19 heavy (non-hydrogen) atoms. The van der Waals surface area contributed by atoms with Crippen LogP contribution < -0.4 is 10.6 Å². The molecular formula is C15H23ClN2O. The number of hydrogen-bond donors (Lipinski definition) is 1. The molecule has 0 aliphatic carbocycles. The van der Waals surface area contributed by atoms with Gasteiger partial charge in [0.1, 0.15) is 0 Å². The van der Waals surface area contributed by atoms with Crippen LogP contribution in [0.5, 0.6) is 0 Å². The molecule has 2 N–H and O–H groups in total. The summed E-state index contributed by atoms with van der Waals surface area (Å²) in [6.45, 7) is 6.60. The number of para-hydroxylation sites is 1. The van der Waals surface area contributed by atoms with Crippen molar-refractivity contribution in [3.63, 3.8) is 0 Å². The Labute approximate surface area is 120 Å². The number of nitrogens with zero attached hydrogens (tertiary/aromatic N) is 1. The molecule has 0 aromatic heterocycles. The third kappa shape index (κ3) is 3.22. The molecule has 2 rings (SSSR count). The fourth-order valence-corrected chi connectivity index (χ4v) is 3.00. The second-order valence-corrected chi connectivity index (χ2v) is 5.55. The van der Waals surface area contributed by atoms with Crippen molar-refractivity contribution in [1.82, 2.24) is 0 Å². The summed E-state index contributed by atoms with van der Waals surface area (Å²) in [5.74, 6) is 0. The van der Waals surface area contributed by atoms with Crippen LogP contribution in [0.25, 0.3) is 0 Å². The van der Waals surface area contributed by atoms with Crippen molar-refractivity contribution in [2.45, 2.75) is 38.8 Å². The smallest absolute Gasteiger partial charge is 0.0723 e. The van der Waals surface area contributed by atoms with Gasteiger partial charge in [0.05, 0.1) is 29.5 Å². The van der Waals surface area contributed by atoms with Crippen LogP contribution in [0.4, 0.5) is 5.69 Å². The SMILES string of the molecule is CCC1COC(C)CN1c1c(Cl)cccc1CCN. The highest BCUT2D eigenvalue weighted by molar-refractivity contribution is 6.33. The zero-order valence-electron chi connectivity index (χ0n) is 11.7. The van der Waals surface area contributed by atoms with E-state index in [4.69, 9.17) is 22.1 Å². The molecule has 2 unspecified atom stereocenters. The lowest BCUT2D eigenvalue weighted by atomic mass is 10.0. The summed E-state index contributed by atoms with van der Waals surface area (Å²) in [5.41, 5.74) is 8.11. The van der Waals surface area contributed by atoms with Crippen LogP contribution in [-0.2, 0) is 11.2 Å². The molecule has 1 aromatic carbocycles. The molecule has 1 aromatic rings. The minimum absolute atomic E-state index is 0.241. The van der Waals surface area contributed by atoms with Gasteiger partial charge in [-0.25, -0.2) is 0 Å². The highest BCUT2D eigenvalue weighted by Crippen LogP contribution is 2.34. The van der Waals surface area contributed by atoms with Crippen LogP contribution in [0.3, 0.4) is 0 Å². The van der Waals surface area contributed by atoms with E-state index in [-0.39, 0.29) is 6.10 Å². The molecule has 0 saturated carbocycles. The van der Waals surface area contributed by atoms with Gasteiger partial charge in [0, 0.05) is 6.54 Å². The Hall–Kier alpha value is -0.770. The molecule has 3 nitrogen and oxygen atoms in total. The molecule has 1 fully saturated rings. The molecular weight excluding hydrogens is 260 g/mol. The number of benzene rings is 1. The van der Waals surface area contributed by atoms with Crippen molar-refractivity contribution >= 4 is 17.3 Å². The fourth-order valence-electron chi connectivity index (χ4n) is 2.70. The Balaban J connectivity index is 2.37. The Bertz CT molecular complexity index is 425. The number of hydrogen-bond acceptors (Lipinski definition) is 3. The summed E-state index contributed by atoms with van der Waals surface area (Å²) in [6.07, 6.45) is 2.16. The van der Waals surface area contributed by atoms with Gasteiger partial charge in [-0.3, -0.25) is 0 Å². The maximum Gasteiger partial charge on any atom is 0.0723 e. The lowest BCUT2D eigenvalue weighted by Crippen LogP contribution is -2.49. The first-order valence-corrected chi connectivity index (χ1v) is 7.40. The summed E-state index contributed by atoms with van der Waals surface area (Å²) in [4.78, 5) is 2.40. The molecule has 1 heterocycles. The van der Waals surface area contributed by atoms with Gasteiger partial charge >= 0.3 is 0 Å². The number of ether oxygens (including phenoxy) is 1. The topological polar surface area (TPSA) is 38.5 Å². The first-order valence-electron chi connectivity index (χ1n) is 7.03. The van der Waals surface area contributed by atoms with Crippen LogP contribution >= 0.6 is 11.6 Å². The zero-order chi connectivity index (χ0) is 13.8. The molecule has 0 spiro atoms. The van der Waals surface area contributed by atoms with Crippen LogP contribution in [0, 0.1) is 0 Å². The van der Waals surface area contributed by atoms with Gasteiger partial charge in [0.15, 0.2) is 0 Å². The van der Waals surface area contributed by atoms with Crippen LogP contribution in [0.2, 0.25) is 5.02 Å². The van der Waals surface area contributed by atoms with E-state index in [1.54, 1.807) is 0 Å². The number of nitrogens with two attached hydrogens (primary N) is 1. The van der Waals surface area contributed by atoms with E-state index >= 15 is 0 Å². The maximum absolute atomic E-state index is 6.45. The average Bonchev–Trinajstić information content (AvgIpc) is 2.39. The largest absolute Gasteiger partial charge is 0.375 e. The second kappa shape index (κ2) is 6.60. The standard InChI is InChI=1S/C15H23ClN2O/c1-3-13-10-19-11(2)9-18(13)15-12(7-8-17)5-4-6-14(15)16/h4-6,11,13H,3,7-10,17H2,1-2H3. The van der Waals surface area contributed by atoms with Crippen molar-refractivity contribution in [1.29, 1.82) is 0 Å². The van der Waals surface area contributed by atoms with Crippen LogP contribution in [0.15, 0.2) is 18.2 Å². The van der Waals surface area contributed by atoms with Crippen molar-refractivity contribution in [3.8, 4) is 0 Å². The van der Waals surface area contributed by atoms with Crippen LogP contribution in [-0.4, -0.2) is 31.8 Å². The highest BCUT2D eigenvalue weighted by Gasteiger charge is 2.28. The van der Waals surface area contributed by atoms with Crippen molar-refractivity contribution in [3.05, 3.63) is 28.8 Å². The average molecular weight is 283 g/mol. The lowest BCUT2D eigenvalue weighted by Gasteiger charge is -2.41. The van der Waals surface area contributed by atoms with E-state index < -0.39 is 0 Å². The van der Waals surface area contributed by atoms with Crippen molar-refractivity contribution in [2.24, 2.45) is 5.73 Å². The first-order chi connectivity index (χ1) is 9.17. The second-order valence-electron chi connectivity index (χ2n) is 5.14. The quantitative estimate of drug-likeness (QED) is 0.923. The molecule has 1 aliphatic rings. The van der Waals surface area contributed by atoms with Gasteiger partial charge < -0.3 is 15.4 Å². The highest BCUT2D eigenvalue weighted by atomic mass is 35.5. The molecule has 0 radical (unpaired) electrons. The van der Waals surface area contributed by atoms with Gasteiger partial charge in [-0.15, -0.1) is 0 Å². The fraction of sp³-hybridized carbons (Fsp3) is 0.600. The molecule has 1 aliphatic heterocycles. The van der Waals surface area contributed by atoms with Gasteiger partial charge in [-0.2, -0.15) is 0 Å². The van der Waals surface area contributed by atoms with Crippen LogP contribution in [0.1, 0.15) is 25.8 Å². The molecule has 1 saturated heterocycles. The number of rotatable bonds is 4. The predicted molar refractivity (Wildman–Crippen MR) is 81.0 cm³/mol. The first kappa shape index (κ1) is 14.6. The predicted octanol–water partition coefficient (Wildman–Crippen LogP) is 2.84. The zero-order valence-corrected chi connectivity index (χ0v) is 12.5. The van der Waals surface area contributed by atoms with E-state index in [9.17, 15) is 0 Å². The Kier molecular flexibility index (Phi) is 5.08.